The second-order valence-electron chi connectivity index (χ2n) is 3.91. The highest BCUT2D eigenvalue weighted by atomic mass is 35.5. The first-order valence-corrected chi connectivity index (χ1v) is 5.60. The van der Waals surface area contributed by atoms with Gasteiger partial charge in [0.15, 0.2) is 0 Å². The van der Waals surface area contributed by atoms with Crippen LogP contribution in [-0.2, 0) is 7.05 Å². The lowest BCUT2D eigenvalue weighted by Crippen LogP contribution is -2.16. The fraction of sp³-hybridized carbons (Fsp3) is 0.0769. The Morgan fingerprint density at radius 3 is 2.71 bits per heavy atom. The molecule has 3 rings (SSSR count). The summed E-state index contributed by atoms with van der Waals surface area (Å²) < 4.78 is 1.51. The number of benzene rings is 1. The van der Waals surface area contributed by atoms with Crippen molar-refractivity contribution in [1.82, 2.24) is 9.55 Å². The van der Waals surface area contributed by atoms with Gasteiger partial charge in [-0.2, -0.15) is 0 Å². The van der Waals surface area contributed by atoms with Crippen LogP contribution >= 0.6 is 11.6 Å². The summed E-state index contributed by atoms with van der Waals surface area (Å²) in [5, 5.41) is 2.34. The lowest BCUT2D eigenvalue weighted by atomic mass is 10.1. The monoisotopic (exact) mass is 244 g/mol. The van der Waals surface area contributed by atoms with Crippen LogP contribution in [0.5, 0.6) is 0 Å². The van der Waals surface area contributed by atoms with E-state index in [2.05, 4.69) is 4.98 Å². The molecule has 1 aromatic carbocycles. The molecule has 4 heteroatoms. The predicted octanol–water partition coefficient (Wildman–Crippen LogP) is 2.74. The van der Waals surface area contributed by atoms with Crippen molar-refractivity contribution >= 4 is 33.5 Å². The van der Waals surface area contributed by atoms with Gasteiger partial charge in [-0.15, -0.1) is 0 Å². The van der Waals surface area contributed by atoms with E-state index in [1.165, 1.54) is 10.6 Å². The van der Waals surface area contributed by atoms with Crippen LogP contribution in [0.1, 0.15) is 0 Å². The average molecular weight is 245 g/mol. The lowest BCUT2D eigenvalue weighted by Gasteiger charge is -2.07. The molecule has 0 unspecified atom stereocenters. The second kappa shape index (κ2) is 3.57. The number of aryl methyl sites for hydroxylation is 1. The number of aromatic nitrogens is 2. The summed E-state index contributed by atoms with van der Waals surface area (Å²) in [5.41, 5.74) is 1.32. The number of hydrogen-bond donors (Lipinski definition) is 0. The van der Waals surface area contributed by atoms with E-state index in [1.807, 2.05) is 24.3 Å². The molecule has 0 aliphatic rings. The number of hydrogen-bond acceptors (Lipinski definition) is 2. The first kappa shape index (κ1) is 10.3. The summed E-state index contributed by atoms with van der Waals surface area (Å²) in [6.45, 7) is 0. The van der Waals surface area contributed by atoms with E-state index in [9.17, 15) is 4.79 Å². The molecule has 0 N–H and O–H groups in total. The molecule has 0 aliphatic carbocycles. The Bertz CT molecular complexity index is 792. The van der Waals surface area contributed by atoms with E-state index in [1.54, 1.807) is 13.1 Å². The van der Waals surface area contributed by atoms with Gasteiger partial charge >= 0.3 is 0 Å². The Morgan fingerprint density at radius 1 is 1.12 bits per heavy atom. The molecule has 0 fully saturated rings. The first-order chi connectivity index (χ1) is 8.18. The Balaban J connectivity index is 2.64. The van der Waals surface area contributed by atoms with E-state index in [0.29, 0.717) is 10.7 Å². The quantitative estimate of drug-likeness (QED) is 0.570. The van der Waals surface area contributed by atoms with Gasteiger partial charge in [-0.3, -0.25) is 9.36 Å². The van der Waals surface area contributed by atoms with Crippen LogP contribution in [0.25, 0.3) is 21.9 Å². The molecule has 0 atom stereocenters. The highest BCUT2D eigenvalue weighted by molar-refractivity contribution is 6.40. The van der Waals surface area contributed by atoms with Crippen molar-refractivity contribution in [3.05, 3.63) is 51.8 Å². The van der Waals surface area contributed by atoms with Crippen molar-refractivity contribution in [2.45, 2.75) is 0 Å². The van der Waals surface area contributed by atoms with Gasteiger partial charge in [0.2, 0.25) is 0 Å². The van der Waals surface area contributed by atoms with Crippen LogP contribution in [0, 0.1) is 0 Å². The highest BCUT2D eigenvalue weighted by Crippen LogP contribution is 2.28. The third kappa shape index (κ3) is 1.43. The van der Waals surface area contributed by atoms with Crippen LogP contribution in [0.15, 0.2) is 41.2 Å². The molecule has 17 heavy (non-hydrogen) atoms. The zero-order valence-corrected chi connectivity index (χ0v) is 9.90. The number of fused-ring (bicyclic) bond motifs is 2. The SMILES string of the molecule is Cn1c(=O)ccc2c(Cl)c3ccccc3nc21. The van der Waals surface area contributed by atoms with Crippen LogP contribution in [-0.4, -0.2) is 9.55 Å². The van der Waals surface area contributed by atoms with Crippen molar-refractivity contribution in [1.29, 1.82) is 0 Å². The number of pyridine rings is 2. The molecule has 0 bridgehead atoms. The Labute approximate surface area is 102 Å². The topological polar surface area (TPSA) is 34.9 Å². The van der Waals surface area contributed by atoms with Gasteiger partial charge in [0.05, 0.1) is 10.5 Å². The van der Waals surface area contributed by atoms with Crippen molar-refractivity contribution in [2.24, 2.45) is 7.05 Å². The van der Waals surface area contributed by atoms with Gasteiger partial charge in [-0.1, -0.05) is 29.8 Å². The Kier molecular flexibility index (Phi) is 2.16. The van der Waals surface area contributed by atoms with Crippen LogP contribution in [0.4, 0.5) is 0 Å². The summed E-state index contributed by atoms with van der Waals surface area (Å²) in [4.78, 5) is 16.0. The van der Waals surface area contributed by atoms with Gasteiger partial charge in [-0.25, -0.2) is 4.98 Å². The summed E-state index contributed by atoms with van der Waals surface area (Å²) in [6.07, 6.45) is 0. The summed E-state index contributed by atoms with van der Waals surface area (Å²) in [7, 11) is 1.70. The number of para-hydroxylation sites is 1. The predicted molar refractivity (Wildman–Crippen MR) is 69.5 cm³/mol. The summed E-state index contributed by atoms with van der Waals surface area (Å²) in [6, 6.07) is 10.9. The molecule has 0 radical (unpaired) electrons. The number of halogens is 1. The molecule has 3 nitrogen and oxygen atoms in total. The minimum absolute atomic E-state index is 0.0867. The molecular weight excluding hydrogens is 236 g/mol. The molecule has 2 aromatic heterocycles. The van der Waals surface area contributed by atoms with Crippen molar-refractivity contribution in [3.8, 4) is 0 Å². The third-order valence-electron chi connectivity index (χ3n) is 2.89. The van der Waals surface area contributed by atoms with Gasteiger partial charge in [0.1, 0.15) is 5.65 Å². The lowest BCUT2D eigenvalue weighted by molar-refractivity contribution is 0.891. The largest absolute Gasteiger partial charge is 0.296 e. The molecule has 0 amide bonds. The zero-order valence-electron chi connectivity index (χ0n) is 9.14. The maximum Gasteiger partial charge on any atom is 0.251 e. The Morgan fingerprint density at radius 2 is 1.88 bits per heavy atom. The number of nitrogens with zero attached hydrogens (tertiary/aromatic N) is 2. The minimum Gasteiger partial charge on any atom is -0.296 e. The standard InChI is InChI=1S/C13H9ClN2O/c1-16-11(17)7-6-9-12(14)8-4-2-3-5-10(8)15-13(9)16/h2-7H,1H3. The normalized spacial score (nSPS) is 11.2. The van der Waals surface area contributed by atoms with E-state index in [4.69, 9.17) is 11.6 Å². The maximum absolute atomic E-state index is 11.6. The van der Waals surface area contributed by atoms with E-state index < -0.39 is 0 Å². The van der Waals surface area contributed by atoms with E-state index in [0.717, 1.165) is 16.3 Å². The van der Waals surface area contributed by atoms with Crippen molar-refractivity contribution < 1.29 is 0 Å². The maximum atomic E-state index is 11.6. The Hall–Kier alpha value is -1.87. The zero-order chi connectivity index (χ0) is 12.0. The van der Waals surface area contributed by atoms with E-state index >= 15 is 0 Å². The fourth-order valence-electron chi connectivity index (χ4n) is 1.95. The van der Waals surface area contributed by atoms with Crippen LogP contribution in [0.3, 0.4) is 0 Å². The van der Waals surface area contributed by atoms with Gasteiger partial charge in [0, 0.05) is 23.9 Å². The third-order valence-corrected chi connectivity index (χ3v) is 3.29. The molecule has 0 saturated heterocycles. The molecule has 0 spiro atoms. The van der Waals surface area contributed by atoms with Crippen molar-refractivity contribution in [2.75, 3.05) is 0 Å². The van der Waals surface area contributed by atoms with Gasteiger partial charge in [0.25, 0.3) is 5.56 Å². The van der Waals surface area contributed by atoms with Gasteiger partial charge < -0.3 is 0 Å². The molecule has 3 aromatic rings. The second-order valence-corrected chi connectivity index (χ2v) is 4.29. The number of rotatable bonds is 0. The molecule has 2 heterocycles. The van der Waals surface area contributed by atoms with E-state index in [-0.39, 0.29) is 5.56 Å². The minimum atomic E-state index is -0.0867. The van der Waals surface area contributed by atoms with Gasteiger partial charge in [-0.05, 0) is 12.1 Å². The molecule has 0 aliphatic heterocycles. The summed E-state index contributed by atoms with van der Waals surface area (Å²) >= 11 is 6.34. The summed E-state index contributed by atoms with van der Waals surface area (Å²) in [5.74, 6) is 0. The van der Waals surface area contributed by atoms with Crippen LogP contribution < -0.4 is 5.56 Å². The molecule has 84 valence electrons. The van der Waals surface area contributed by atoms with Crippen molar-refractivity contribution in [3.63, 3.8) is 0 Å². The molecular formula is C13H9ClN2O. The average Bonchev–Trinajstić information content (AvgIpc) is 2.35. The first-order valence-electron chi connectivity index (χ1n) is 5.22. The highest BCUT2D eigenvalue weighted by Gasteiger charge is 2.08. The molecule has 0 saturated carbocycles. The smallest absolute Gasteiger partial charge is 0.251 e. The fourth-order valence-corrected chi connectivity index (χ4v) is 2.26. The van der Waals surface area contributed by atoms with Crippen LogP contribution in [0.2, 0.25) is 5.02 Å².